The Balaban J connectivity index is 1.67. The van der Waals surface area contributed by atoms with E-state index in [-0.39, 0.29) is 6.42 Å². The van der Waals surface area contributed by atoms with Gasteiger partial charge < -0.3 is 14.6 Å². The molecule has 0 atom stereocenters. The van der Waals surface area contributed by atoms with Gasteiger partial charge in [0.1, 0.15) is 11.5 Å². The molecule has 4 heteroatoms. The number of unbranched alkanes of at least 4 members (excludes halogenated alkanes) is 2. The van der Waals surface area contributed by atoms with Crippen LogP contribution in [0.25, 0.3) is 6.08 Å². The fraction of sp³-hybridized carbons (Fsp3) is 0.318. The molecule has 138 valence electrons. The minimum Gasteiger partial charge on any atom is -0.497 e. The van der Waals surface area contributed by atoms with Gasteiger partial charge in [-0.15, -0.1) is 0 Å². The molecule has 0 aromatic heterocycles. The fourth-order valence-corrected chi connectivity index (χ4v) is 2.57. The molecule has 2 aromatic carbocycles. The van der Waals surface area contributed by atoms with E-state index in [1.807, 2.05) is 48.5 Å². The largest absolute Gasteiger partial charge is 0.497 e. The topological polar surface area (TPSA) is 55.8 Å². The van der Waals surface area contributed by atoms with Crippen LogP contribution in [-0.4, -0.2) is 24.8 Å². The second-order valence-corrected chi connectivity index (χ2v) is 6.02. The van der Waals surface area contributed by atoms with Crippen molar-refractivity contribution in [3.63, 3.8) is 0 Å². The maximum Gasteiger partial charge on any atom is 0.303 e. The van der Waals surface area contributed by atoms with Crippen LogP contribution in [0.3, 0.4) is 0 Å². The van der Waals surface area contributed by atoms with Gasteiger partial charge in [-0.1, -0.05) is 42.5 Å². The Kier molecular flexibility index (Phi) is 8.27. The van der Waals surface area contributed by atoms with Gasteiger partial charge in [0.2, 0.25) is 0 Å². The first-order valence-electron chi connectivity index (χ1n) is 8.92. The van der Waals surface area contributed by atoms with Crippen molar-refractivity contribution in [2.45, 2.75) is 32.1 Å². The first kappa shape index (κ1) is 19.6. The van der Waals surface area contributed by atoms with Crippen LogP contribution in [0.5, 0.6) is 11.5 Å². The lowest BCUT2D eigenvalue weighted by Gasteiger charge is -2.10. The number of methoxy groups -OCH3 is 1. The number of benzene rings is 2. The first-order valence-corrected chi connectivity index (χ1v) is 8.92. The summed E-state index contributed by atoms with van der Waals surface area (Å²) in [7, 11) is 1.66. The Hall–Kier alpha value is -2.75. The molecular formula is C22H26O4. The number of aliphatic carboxylic acids is 1. The van der Waals surface area contributed by atoms with E-state index >= 15 is 0 Å². The van der Waals surface area contributed by atoms with E-state index in [4.69, 9.17) is 14.6 Å². The van der Waals surface area contributed by atoms with E-state index in [2.05, 4.69) is 12.2 Å². The third-order valence-electron chi connectivity index (χ3n) is 4.03. The van der Waals surface area contributed by atoms with Crippen LogP contribution in [0.15, 0.2) is 54.6 Å². The summed E-state index contributed by atoms with van der Waals surface area (Å²) in [5, 5.41) is 8.82. The van der Waals surface area contributed by atoms with Gasteiger partial charge in [0, 0.05) is 6.42 Å². The number of rotatable bonds is 11. The number of hydrogen-bond donors (Lipinski definition) is 1. The van der Waals surface area contributed by atoms with Crippen molar-refractivity contribution in [2.24, 2.45) is 0 Å². The Morgan fingerprint density at radius 1 is 1.08 bits per heavy atom. The lowest BCUT2D eigenvalue weighted by molar-refractivity contribution is -0.136. The normalized spacial score (nSPS) is 10.8. The maximum atomic E-state index is 10.7. The predicted octanol–water partition coefficient (Wildman–Crippen LogP) is 4.97. The first-order chi connectivity index (χ1) is 12.7. The van der Waals surface area contributed by atoms with Crippen molar-refractivity contribution in [2.75, 3.05) is 13.7 Å². The van der Waals surface area contributed by atoms with Gasteiger partial charge in [0.05, 0.1) is 13.7 Å². The summed E-state index contributed by atoms with van der Waals surface area (Å²) in [6.07, 6.45) is 7.90. The molecule has 0 fully saturated rings. The lowest BCUT2D eigenvalue weighted by Crippen LogP contribution is -2.02. The van der Waals surface area contributed by atoms with Crippen LogP contribution in [0.2, 0.25) is 0 Å². The van der Waals surface area contributed by atoms with Crippen LogP contribution in [0.4, 0.5) is 0 Å². The molecule has 26 heavy (non-hydrogen) atoms. The van der Waals surface area contributed by atoms with E-state index in [0.29, 0.717) is 13.0 Å². The number of carboxylic acid groups (broad SMARTS) is 1. The molecule has 0 saturated heterocycles. The van der Waals surface area contributed by atoms with Crippen LogP contribution < -0.4 is 9.47 Å². The number of ether oxygens (including phenoxy) is 2. The SMILES string of the molecule is COc1ccc(/C=C/CCCCOc2ccccc2CCC(=O)O)cc1. The summed E-state index contributed by atoms with van der Waals surface area (Å²) in [6.45, 7) is 0.639. The molecule has 0 heterocycles. The highest BCUT2D eigenvalue weighted by atomic mass is 16.5. The molecule has 0 bridgehead atoms. The van der Waals surface area contributed by atoms with Crippen molar-refractivity contribution in [1.29, 1.82) is 0 Å². The molecule has 0 radical (unpaired) electrons. The highest BCUT2D eigenvalue weighted by molar-refractivity contribution is 5.67. The van der Waals surface area contributed by atoms with Gasteiger partial charge in [-0.3, -0.25) is 4.79 Å². The summed E-state index contributed by atoms with van der Waals surface area (Å²) in [4.78, 5) is 10.7. The van der Waals surface area contributed by atoms with Crippen LogP contribution in [0, 0.1) is 0 Å². The summed E-state index contributed by atoms with van der Waals surface area (Å²) in [5.41, 5.74) is 2.11. The molecule has 0 spiro atoms. The van der Waals surface area contributed by atoms with Crippen molar-refractivity contribution < 1.29 is 19.4 Å². The number of carboxylic acids is 1. The third-order valence-corrected chi connectivity index (χ3v) is 4.03. The number of hydrogen-bond acceptors (Lipinski definition) is 3. The molecule has 1 N–H and O–H groups in total. The Morgan fingerprint density at radius 3 is 2.58 bits per heavy atom. The molecule has 0 aliphatic carbocycles. The van der Waals surface area contributed by atoms with E-state index in [1.54, 1.807) is 7.11 Å². The van der Waals surface area contributed by atoms with Crippen molar-refractivity contribution in [3.05, 3.63) is 65.7 Å². The zero-order valence-electron chi connectivity index (χ0n) is 15.2. The van der Waals surface area contributed by atoms with Gasteiger partial charge in [-0.2, -0.15) is 0 Å². The quantitative estimate of drug-likeness (QED) is 0.579. The van der Waals surface area contributed by atoms with E-state index in [9.17, 15) is 4.79 Å². The zero-order valence-corrected chi connectivity index (χ0v) is 15.2. The van der Waals surface area contributed by atoms with E-state index < -0.39 is 5.97 Å². The zero-order chi connectivity index (χ0) is 18.6. The predicted molar refractivity (Wildman–Crippen MR) is 104 cm³/mol. The van der Waals surface area contributed by atoms with Gasteiger partial charge in [-0.05, 0) is 55.0 Å². The van der Waals surface area contributed by atoms with Crippen LogP contribution in [-0.2, 0) is 11.2 Å². The van der Waals surface area contributed by atoms with Crippen molar-refractivity contribution in [1.82, 2.24) is 0 Å². The van der Waals surface area contributed by atoms with E-state index in [1.165, 1.54) is 0 Å². The van der Waals surface area contributed by atoms with Gasteiger partial charge in [0.15, 0.2) is 0 Å². The summed E-state index contributed by atoms with van der Waals surface area (Å²) < 4.78 is 11.0. The molecule has 0 aliphatic heterocycles. The number of allylic oxidation sites excluding steroid dienone is 1. The summed E-state index contributed by atoms with van der Waals surface area (Å²) >= 11 is 0. The average Bonchev–Trinajstić information content (AvgIpc) is 2.66. The van der Waals surface area contributed by atoms with Crippen LogP contribution in [0.1, 0.15) is 36.8 Å². The highest BCUT2D eigenvalue weighted by Gasteiger charge is 2.05. The standard InChI is InChI=1S/C22H26O4/c1-25-20-14-11-18(12-15-20)8-4-2-3-7-17-26-21-10-6-5-9-19(21)13-16-22(23)24/h4-6,8-12,14-15H,2-3,7,13,16-17H2,1H3,(H,23,24)/b8-4+. The molecule has 0 aliphatic rings. The molecule has 0 amide bonds. The second kappa shape index (κ2) is 11.0. The van der Waals surface area contributed by atoms with Crippen molar-refractivity contribution in [3.8, 4) is 11.5 Å². The number of aryl methyl sites for hydroxylation is 1. The Labute approximate surface area is 155 Å². The Bertz CT molecular complexity index is 704. The third kappa shape index (κ3) is 7.01. The van der Waals surface area contributed by atoms with Crippen LogP contribution >= 0.6 is 0 Å². The average molecular weight is 354 g/mol. The van der Waals surface area contributed by atoms with Crippen molar-refractivity contribution >= 4 is 12.0 Å². The molecule has 4 nitrogen and oxygen atoms in total. The van der Waals surface area contributed by atoms with Gasteiger partial charge in [0.25, 0.3) is 0 Å². The number of carbonyl (C=O) groups is 1. The minimum atomic E-state index is -0.788. The molecule has 2 rings (SSSR count). The second-order valence-electron chi connectivity index (χ2n) is 6.02. The highest BCUT2D eigenvalue weighted by Crippen LogP contribution is 2.20. The van der Waals surface area contributed by atoms with E-state index in [0.717, 1.165) is 41.9 Å². The molecular weight excluding hydrogens is 328 g/mol. The maximum absolute atomic E-state index is 10.7. The number of para-hydroxylation sites is 1. The molecule has 2 aromatic rings. The lowest BCUT2D eigenvalue weighted by atomic mass is 10.1. The van der Waals surface area contributed by atoms with Gasteiger partial charge >= 0.3 is 5.97 Å². The Morgan fingerprint density at radius 2 is 1.85 bits per heavy atom. The summed E-state index contributed by atoms with van der Waals surface area (Å²) in [5.74, 6) is 0.869. The molecule has 0 saturated carbocycles. The van der Waals surface area contributed by atoms with Gasteiger partial charge in [-0.25, -0.2) is 0 Å². The fourth-order valence-electron chi connectivity index (χ4n) is 2.57. The minimum absolute atomic E-state index is 0.122. The molecule has 0 unspecified atom stereocenters. The monoisotopic (exact) mass is 354 g/mol. The summed E-state index contributed by atoms with van der Waals surface area (Å²) in [6, 6.07) is 15.6. The smallest absolute Gasteiger partial charge is 0.303 e.